The highest BCUT2D eigenvalue weighted by atomic mass is 16.2. The second-order valence-corrected chi connectivity index (χ2v) is 6.09. The molecule has 1 aromatic carbocycles. The Morgan fingerprint density at radius 2 is 1.76 bits per heavy atom. The summed E-state index contributed by atoms with van der Waals surface area (Å²) in [7, 11) is 0. The Morgan fingerprint density at radius 1 is 1.10 bits per heavy atom. The summed E-state index contributed by atoms with van der Waals surface area (Å²) in [4.78, 5) is 23.4. The van der Waals surface area contributed by atoms with Gasteiger partial charge in [0.25, 0.3) is 5.91 Å². The lowest BCUT2D eigenvalue weighted by molar-refractivity contribution is 0.0575. The minimum absolute atomic E-state index is 0.113. The molecule has 3 heterocycles. The van der Waals surface area contributed by atoms with Gasteiger partial charge in [-0.3, -0.25) is 14.8 Å². The van der Waals surface area contributed by atoms with Crippen molar-refractivity contribution >= 4 is 16.9 Å². The molecule has 108 valence electrons. The Morgan fingerprint density at radius 3 is 2.48 bits per heavy atom. The van der Waals surface area contributed by atoms with E-state index in [2.05, 4.69) is 14.9 Å². The molecule has 5 nitrogen and oxygen atoms in total. The van der Waals surface area contributed by atoms with Crippen molar-refractivity contribution in [2.75, 3.05) is 0 Å². The van der Waals surface area contributed by atoms with Gasteiger partial charge >= 0.3 is 0 Å². The van der Waals surface area contributed by atoms with Gasteiger partial charge < -0.3 is 10.6 Å². The smallest absolute Gasteiger partial charge is 0.254 e. The van der Waals surface area contributed by atoms with Crippen LogP contribution in [-0.2, 0) is 0 Å². The fraction of sp³-hybridized carbons (Fsp3) is 0.438. The summed E-state index contributed by atoms with van der Waals surface area (Å²) in [6.07, 6.45) is 7.33. The number of nitrogens with two attached hydrogens (primary N) is 1. The molecule has 0 spiro atoms. The Labute approximate surface area is 123 Å². The number of amides is 1. The lowest BCUT2D eigenvalue weighted by atomic mass is 9.97. The molecule has 0 radical (unpaired) electrons. The van der Waals surface area contributed by atoms with Crippen molar-refractivity contribution in [2.24, 2.45) is 5.73 Å². The first kappa shape index (κ1) is 12.7. The van der Waals surface area contributed by atoms with E-state index >= 15 is 0 Å². The van der Waals surface area contributed by atoms with Gasteiger partial charge in [-0.15, -0.1) is 0 Å². The molecule has 2 unspecified atom stereocenters. The molecule has 2 atom stereocenters. The third-order valence-electron chi connectivity index (χ3n) is 4.72. The normalized spacial score (nSPS) is 28.0. The van der Waals surface area contributed by atoms with Crippen molar-refractivity contribution < 1.29 is 4.79 Å². The number of carbonyl (C=O) groups is 1. The molecule has 1 aromatic heterocycles. The van der Waals surface area contributed by atoms with Gasteiger partial charge in [-0.1, -0.05) is 0 Å². The lowest BCUT2D eigenvalue weighted by Crippen LogP contribution is -2.50. The maximum Gasteiger partial charge on any atom is 0.254 e. The summed E-state index contributed by atoms with van der Waals surface area (Å²) < 4.78 is 0. The summed E-state index contributed by atoms with van der Waals surface area (Å²) in [5, 5.41) is 0. The number of nitrogens with zero attached hydrogens (tertiary/aromatic N) is 3. The van der Waals surface area contributed by atoms with Crippen LogP contribution in [0.25, 0.3) is 11.0 Å². The minimum atomic E-state index is 0.113. The zero-order valence-electron chi connectivity index (χ0n) is 11.8. The van der Waals surface area contributed by atoms with Crippen LogP contribution in [0.5, 0.6) is 0 Å². The van der Waals surface area contributed by atoms with Crippen LogP contribution in [0.1, 0.15) is 36.0 Å². The van der Waals surface area contributed by atoms with Crippen molar-refractivity contribution in [3.8, 4) is 0 Å². The van der Waals surface area contributed by atoms with Crippen molar-refractivity contribution in [3.63, 3.8) is 0 Å². The maximum atomic E-state index is 12.8. The molecule has 4 rings (SSSR count). The zero-order valence-corrected chi connectivity index (χ0v) is 11.8. The number of hydrogen-bond acceptors (Lipinski definition) is 4. The van der Waals surface area contributed by atoms with Gasteiger partial charge in [-0.25, -0.2) is 0 Å². The Bertz CT molecular complexity index is 687. The topological polar surface area (TPSA) is 72.1 Å². The van der Waals surface area contributed by atoms with E-state index in [-0.39, 0.29) is 11.9 Å². The predicted molar refractivity (Wildman–Crippen MR) is 79.7 cm³/mol. The standard InChI is InChI=1S/C16H18N4O/c17-11-8-12-2-3-13(9-11)20(12)16(21)10-1-4-14-15(7-10)19-6-5-18-14/h1,4-7,11-13H,2-3,8-9,17H2. The highest BCUT2D eigenvalue weighted by Gasteiger charge is 2.42. The second kappa shape index (κ2) is 4.77. The van der Waals surface area contributed by atoms with Crippen LogP contribution >= 0.6 is 0 Å². The Kier molecular flexibility index (Phi) is 2.89. The van der Waals surface area contributed by atoms with E-state index < -0.39 is 0 Å². The van der Waals surface area contributed by atoms with E-state index in [9.17, 15) is 4.79 Å². The number of benzene rings is 1. The first-order valence-electron chi connectivity index (χ1n) is 7.51. The predicted octanol–water partition coefficient (Wildman–Crippen LogP) is 1.72. The van der Waals surface area contributed by atoms with E-state index in [1.807, 2.05) is 18.2 Å². The van der Waals surface area contributed by atoms with Gasteiger partial charge in [0.05, 0.1) is 11.0 Å². The minimum Gasteiger partial charge on any atom is -0.333 e. The molecule has 0 aliphatic carbocycles. The van der Waals surface area contributed by atoms with Gasteiger partial charge in [0.1, 0.15) is 0 Å². The molecule has 2 aliphatic rings. The van der Waals surface area contributed by atoms with Crippen LogP contribution in [0.3, 0.4) is 0 Å². The van der Waals surface area contributed by atoms with Gasteiger partial charge in [0.2, 0.25) is 0 Å². The summed E-state index contributed by atoms with van der Waals surface area (Å²) in [6.45, 7) is 0. The van der Waals surface area contributed by atoms with Gasteiger partial charge in [-0.2, -0.15) is 0 Å². The highest BCUT2D eigenvalue weighted by molar-refractivity contribution is 5.97. The largest absolute Gasteiger partial charge is 0.333 e. The molecule has 2 saturated heterocycles. The molecule has 2 aliphatic heterocycles. The Balaban J connectivity index is 1.67. The summed E-state index contributed by atoms with van der Waals surface area (Å²) in [5.74, 6) is 0.113. The van der Waals surface area contributed by atoms with Crippen LogP contribution < -0.4 is 5.73 Å². The van der Waals surface area contributed by atoms with Gasteiger partial charge in [0, 0.05) is 36.1 Å². The van der Waals surface area contributed by atoms with Crippen LogP contribution in [0.15, 0.2) is 30.6 Å². The van der Waals surface area contributed by atoms with Crippen LogP contribution in [-0.4, -0.2) is 38.9 Å². The fourth-order valence-electron chi connectivity index (χ4n) is 3.80. The third kappa shape index (κ3) is 2.08. The quantitative estimate of drug-likeness (QED) is 0.864. The molecule has 5 heteroatoms. The highest BCUT2D eigenvalue weighted by Crippen LogP contribution is 2.36. The molecule has 1 amide bonds. The van der Waals surface area contributed by atoms with Crippen LogP contribution in [0.2, 0.25) is 0 Å². The number of rotatable bonds is 1. The maximum absolute atomic E-state index is 12.8. The molecule has 2 aromatic rings. The zero-order chi connectivity index (χ0) is 14.4. The number of carbonyl (C=O) groups excluding carboxylic acids is 1. The Hall–Kier alpha value is -2.01. The van der Waals surface area contributed by atoms with E-state index in [1.165, 1.54) is 0 Å². The number of fused-ring (bicyclic) bond motifs is 3. The SMILES string of the molecule is NC1CC2CCC(C1)N2C(=O)c1ccc2nccnc2c1. The molecule has 2 N–H and O–H groups in total. The average Bonchev–Trinajstić information content (AvgIpc) is 2.78. The summed E-state index contributed by atoms with van der Waals surface area (Å²) in [5.41, 5.74) is 8.36. The van der Waals surface area contributed by atoms with E-state index in [4.69, 9.17) is 5.73 Å². The van der Waals surface area contributed by atoms with Crippen molar-refractivity contribution in [3.05, 3.63) is 36.2 Å². The number of aromatic nitrogens is 2. The van der Waals surface area contributed by atoms with E-state index in [0.29, 0.717) is 17.6 Å². The molecule has 2 fully saturated rings. The van der Waals surface area contributed by atoms with Crippen LogP contribution in [0, 0.1) is 0 Å². The third-order valence-corrected chi connectivity index (χ3v) is 4.72. The number of piperidine rings is 1. The van der Waals surface area contributed by atoms with Crippen molar-refractivity contribution in [2.45, 2.75) is 43.8 Å². The van der Waals surface area contributed by atoms with Crippen molar-refractivity contribution in [1.29, 1.82) is 0 Å². The molecular weight excluding hydrogens is 264 g/mol. The first-order valence-corrected chi connectivity index (χ1v) is 7.51. The lowest BCUT2D eigenvalue weighted by Gasteiger charge is -2.37. The molecule has 0 saturated carbocycles. The fourth-order valence-corrected chi connectivity index (χ4v) is 3.80. The van der Waals surface area contributed by atoms with Crippen molar-refractivity contribution in [1.82, 2.24) is 14.9 Å². The monoisotopic (exact) mass is 282 g/mol. The molecule has 21 heavy (non-hydrogen) atoms. The van der Waals surface area contributed by atoms with E-state index in [0.717, 1.165) is 36.7 Å². The molecular formula is C16H18N4O. The molecule has 2 bridgehead atoms. The van der Waals surface area contributed by atoms with E-state index in [1.54, 1.807) is 12.4 Å². The number of hydrogen-bond donors (Lipinski definition) is 1. The summed E-state index contributed by atoms with van der Waals surface area (Å²) in [6, 6.07) is 6.43. The summed E-state index contributed by atoms with van der Waals surface area (Å²) >= 11 is 0. The van der Waals surface area contributed by atoms with Gasteiger partial charge in [-0.05, 0) is 43.9 Å². The van der Waals surface area contributed by atoms with Gasteiger partial charge in [0.15, 0.2) is 0 Å². The first-order chi connectivity index (χ1) is 10.2. The average molecular weight is 282 g/mol. The van der Waals surface area contributed by atoms with Crippen LogP contribution in [0.4, 0.5) is 0 Å². The second-order valence-electron chi connectivity index (χ2n) is 6.09.